The Bertz CT molecular complexity index is 3380. The Hall–Kier alpha value is -9.74. The molecule has 0 radical (unpaired) electrons. The second-order valence-electron chi connectivity index (χ2n) is 28.2. The molecule has 0 aliphatic heterocycles. The Morgan fingerprint density at radius 2 is 0.766 bits per heavy atom. The van der Waals surface area contributed by atoms with E-state index in [9.17, 15) is 38.7 Å². The van der Waals surface area contributed by atoms with Gasteiger partial charge in [0.15, 0.2) is 0 Å². The first-order valence-corrected chi connectivity index (χ1v) is 39.0. The number of carboxylic acid groups (broad SMARTS) is 1. The second-order valence-corrected chi connectivity index (χ2v) is 28.2. The van der Waals surface area contributed by atoms with Crippen molar-refractivity contribution < 1.29 is 57.8 Å². The minimum atomic E-state index is -1.52. The highest BCUT2D eigenvalue weighted by molar-refractivity contribution is 5.98. The minimum Gasteiger partial charge on any atom is -0.481 e. The number of hydrogen-bond donors (Lipinski definition) is 12. The van der Waals surface area contributed by atoms with Crippen LogP contribution in [0, 0.1) is 5.92 Å². The van der Waals surface area contributed by atoms with Crippen LogP contribution < -0.4 is 53.2 Å². The molecule has 0 aliphatic rings. The molecule has 1 heterocycles. The Labute approximate surface area is 633 Å². The summed E-state index contributed by atoms with van der Waals surface area (Å²) in [6.45, 7) is 9.97. The fourth-order valence-electron chi connectivity index (χ4n) is 13.1. The highest BCUT2D eigenvalue weighted by Crippen LogP contribution is 2.31. The average molecular weight is 1480 g/mol. The van der Waals surface area contributed by atoms with Gasteiger partial charge in [0.25, 0.3) is 0 Å². The molecule has 5 rings (SSSR count). The van der Waals surface area contributed by atoms with E-state index in [4.69, 9.17) is 0 Å². The van der Waals surface area contributed by atoms with Gasteiger partial charge >= 0.3 is 5.97 Å². The zero-order valence-corrected chi connectivity index (χ0v) is 63.9. The number of H-pyrrole nitrogens is 1. The molecule has 0 spiro atoms. The Kier molecular flexibility index (Phi) is 41.6. The molecule has 4 aromatic carbocycles. The van der Waals surface area contributed by atoms with Crippen molar-refractivity contribution in [2.24, 2.45) is 5.92 Å². The molecule has 1 aromatic heterocycles. The lowest BCUT2D eigenvalue weighted by molar-refractivity contribution is -0.138. The summed E-state index contributed by atoms with van der Waals surface area (Å²) in [6.07, 6.45) is 21.9. The molecule has 5 aromatic rings. The van der Waals surface area contributed by atoms with E-state index in [-0.39, 0.29) is 69.2 Å². The number of benzene rings is 4. The second kappa shape index (κ2) is 50.7. The predicted octanol–water partition coefficient (Wildman–Crippen LogP) is 9.93. The maximum Gasteiger partial charge on any atom is 0.303 e. The molecular formula is C83H120N12O12. The third-order valence-electron chi connectivity index (χ3n) is 19.1. The van der Waals surface area contributed by atoms with E-state index in [0.29, 0.717) is 49.0 Å². The van der Waals surface area contributed by atoms with Gasteiger partial charge in [0.1, 0.15) is 42.3 Å². The Morgan fingerprint density at radius 1 is 0.393 bits per heavy atom. The Balaban J connectivity index is 1.32. The number of likely N-dealkylation sites (N-methyl/N-ethyl adjacent to an activating group) is 1. The van der Waals surface area contributed by atoms with E-state index in [0.717, 1.165) is 43.2 Å². The molecule has 0 bridgehead atoms. The van der Waals surface area contributed by atoms with Gasteiger partial charge in [0.2, 0.25) is 59.1 Å². The van der Waals surface area contributed by atoms with Crippen molar-refractivity contribution in [3.8, 4) is 0 Å². The molecule has 24 nitrogen and oxygen atoms in total. The summed E-state index contributed by atoms with van der Waals surface area (Å²) in [4.78, 5) is 160. The SMILES string of the molecule is CCCCCCCCCCCCCCCC(=O)NCCCCCC(=O)NCCCCC(NC(=O)[C@H](CC)NC(=O)C(NC(=O)[C@H](Cc1cnc[nH]1)NC(=O)[C@H](CC)NC(=O)[C@H](CCC(=O)O)NC(=O)CC(C)C)C(c1ccccc1)c1ccccc1)C(=O)NC(C(=O)NC)C(c1ccccc1)c1ccccc1. The summed E-state index contributed by atoms with van der Waals surface area (Å²) in [6, 6.07) is 26.9. The highest BCUT2D eigenvalue weighted by Gasteiger charge is 2.39. The average Bonchev–Trinajstić information content (AvgIpc) is 1.63. The van der Waals surface area contributed by atoms with Gasteiger partial charge in [-0.3, -0.25) is 52.7 Å². The smallest absolute Gasteiger partial charge is 0.303 e. The van der Waals surface area contributed by atoms with Gasteiger partial charge in [-0.2, -0.15) is 0 Å². The minimum absolute atomic E-state index is 0.000643. The molecule has 0 fully saturated rings. The van der Waals surface area contributed by atoms with E-state index in [1.807, 2.05) is 74.5 Å². The number of aliphatic carboxylic acids is 1. The number of carbonyl (C=O) groups is 11. The van der Waals surface area contributed by atoms with Crippen LogP contribution in [0.1, 0.15) is 241 Å². The van der Waals surface area contributed by atoms with Crippen molar-refractivity contribution in [3.05, 3.63) is 162 Å². The number of imidazole rings is 1. The number of carboxylic acids is 1. The number of rotatable bonds is 54. The fourth-order valence-corrected chi connectivity index (χ4v) is 13.1. The standard InChI is InChI=1S/C83H120N12O12/c1-7-10-11-12-13-14-15-16-17-18-19-20-34-48-69(96)86-52-37-25-35-49-70(97)87-53-38-36-47-66(80(104)94-75(82(106)84-6)73(59-39-26-21-27-40-59)60-41-28-22-29-42-60)92-77(101)65(9-3)91-83(107)76(74(61-43-30-23-31-44-61)62-45-32-24-33-46-62)95-81(105)68(55-63-56-85-57-88-63)93-78(102)64(8-2)90-79(103)67(50-51-72(99)100)89-71(98)54-58(4)5/h21-24,26-33,39-46,56-58,64-68,73-76H,7-20,25,34-38,47-55H2,1-6H3,(H,84,106)(H,85,88)(H,86,96)(H,87,97)(H,89,98)(H,90,103)(H,91,107)(H,92,101)(H,93,102)(H,94,104)(H,95,105)(H,99,100)/t64-,65-,66?,67-,68-,75?,76?/m0/s1. The van der Waals surface area contributed by atoms with Crippen LogP contribution >= 0.6 is 0 Å². The topological polar surface area (TPSA) is 357 Å². The monoisotopic (exact) mass is 1480 g/mol. The number of unbranched alkanes of at least 4 members (excludes halogenated alkanes) is 15. The summed E-state index contributed by atoms with van der Waals surface area (Å²) in [5.74, 6) is -8.71. The van der Waals surface area contributed by atoms with Crippen LogP contribution in [0.15, 0.2) is 134 Å². The summed E-state index contributed by atoms with van der Waals surface area (Å²) < 4.78 is 0. The number of carbonyl (C=O) groups excluding carboxylic acids is 10. The largest absolute Gasteiger partial charge is 0.481 e. The molecule has 7 atom stereocenters. The van der Waals surface area contributed by atoms with Gasteiger partial charge in [-0.1, -0.05) is 239 Å². The lowest BCUT2D eigenvalue weighted by Crippen LogP contribution is -2.61. The number of nitrogens with zero attached hydrogens (tertiary/aromatic N) is 1. The maximum atomic E-state index is 15.5. The number of hydrogen-bond acceptors (Lipinski definition) is 12. The maximum absolute atomic E-state index is 15.5. The van der Waals surface area contributed by atoms with Crippen molar-refractivity contribution in [3.63, 3.8) is 0 Å². The fraction of sp³-hybridized carbons (Fsp3) is 0.542. The first-order chi connectivity index (χ1) is 51.8. The molecule has 24 heteroatoms. The van der Waals surface area contributed by atoms with Crippen LogP contribution in [0.4, 0.5) is 0 Å². The van der Waals surface area contributed by atoms with Gasteiger partial charge in [0, 0.05) is 76.0 Å². The van der Waals surface area contributed by atoms with Gasteiger partial charge in [-0.05, 0) is 86.0 Å². The molecular weight excluding hydrogens is 1360 g/mol. The van der Waals surface area contributed by atoms with Gasteiger partial charge in [-0.15, -0.1) is 0 Å². The van der Waals surface area contributed by atoms with Crippen molar-refractivity contribution >= 4 is 65.0 Å². The van der Waals surface area contributed by atoms with Crippen molar-refractivity contribution in [1.29, 1.82) is 0 Å². The first-order valence-electron chi connectivity index (χ1n) is 39.0. The first kappa shape index (κ1) is 87.9. The summed E-state index contributed by atoms with van der Waals surface area (Å²) in [5.41, 5.74) is 3.06. The van der Waals surface area contributed by atoms with Crippen LogP contribution in [0.25, 0.3) is 0 Å². The van der Waals surface area contributed by atoms with Crippen molar-refractivity contribution in [1.82, 2.24) is 63.1 Å². The quantitative estimate of drug-likeness (QED) is 0.0161. The van der Waals surface area contributed by atoms with Crippen LogP contribution in [0.5, 0.6) is 0 Å². The summed E-state index contributed by atoms with van der Waals surface area (Å²) >= 11 is 0. The lowest BCUT2D eigenvalue weighted by atomic mass is 9.84. The molecule has 0 aliphatic carbocycles. The number of aromatic nitrogens is 2. The predicted molar refractivity (Wildman–Crippen MR) is 415 cm³/mol. The number of nitrogens with one attached hydrogen (secondary N) is 11. The van der Waals surface area contributed by atoms with E-state index >= 15 is 19.2 Å². The van der Waals surface area contributed by atoms with E-state index in [1.54, 1.807) is 74.5 Å². The van der Waals surface area contributed by atoms with E-state index in [1.165, 1.54) is 83.8 Å². The molecule has 107 heavy (non-hydrogen) atoms. The molecule has 10 amide bonds. The molecule has 0 saturated carbocycles. The van der Waals surface area contributed by atoms with E-state index < -0.39 is 114 Å². The number of aromatic amines is 1. The third kappa shape index (κ3) is 33.3. The van der Waals surface area contributed by atoms with Crippen LogP contribution in [0.3, 0.4) is 0 Å². The molecule has 0 saturated heterocycles. The third-order valence-corrected chi connectivity index (χ3v) is 19.1. The normalized spacial score (nSPS) is 13.2. The van der Waals surface area contributed by atoms with E-state index in [2.05, 4.69) is 70.1 Å². The number of amides is 10. The lowest BCUT2D eigenvalue weighted by Gasteiger charge is -2.32. The van der Waals surface area contributed by atoms with Gasteiger partial charge in [0.05, 0.1) is 6.33 Å². The molecule has 584 valence electrons. The summed E-state index contributed by atoms with van der Waals surface area (Å²) in [7, 11) is 1.47. The van der Waals surface area contributed by atoms with Gasteiger partial charge < -0.3 is 63.3 Å². The van der Waals surface area contributed by atoms with Gasteiger partial charge in [-0.25, -0.2) is 4.98 Å². The zero-order valence-electron chi connectivity index (χ0n) is 63.9. The zero-order chi connectivity index (χ0) is 77.6. The molecule has 12 N–H and O–H groups in total. The van der Waals surface area contributed by atoms with Crippen molar-refractivity contribution in [2.45, 2.75) is 262 Å². The summed E-state index contributed by atoms with van der Waals surface area (Å²) in [5, 5.41) is 37.9. The van der Waals surface area contributed by atoms with Crippen LogP contribution in [0.2, 0.25) is 0 Å². The van der Waals surface area contributed by atoms with Crippen LogP contribution in [-0.4, -0.2) is 143 Å². The molecule has 3 unspecified atom stereocenters. The highest BCUT2D eigenvalue weighted by atomic mass is 16.4. The van der Waals surface area contributed by atoms with Crippen LogP contribution in [-0.2, 0) is 59.2 Å². The Morgan fingerprint density at radius 3 is 1.19 bits per heavy atom. The van der Waals surface area contributed by atoms with Crippen molar-refractivity contribution in [2.75, 3.05) is 20.1 Å².